The van der Waals surface area contributed by atoms with Gasteiger partial charge in [-0.3, -0.25) is 5.41 Å². The minimum absolute atomic E-state index is 0.167. The predicted molar refractivity (Wildman–Crippen MR) is 117 cm³/mol. The molecule has 1 fully saturated rings. The van der Waals surface area contributed by atoms with Gasteiger partial charge in [0, 0.05) is 46.0 Å². The van der Waals surface area contributed by atoms with Crippen LogP contribution in [0.3, 0.4) is 0 Å². The van der Waals surface area contributed by atoms with Gasteiger partial charge in [-0.2, -0.15) is 4.99 Å². The van der Waals surface area contributed by atoms with E-state index in [1.807, 2.05) is 24.4 Å². The molecule has 2 aromatic heterocycles. The van der Waals surface area contributed by atoms with E-state index in [-0.39, 0.29) is 11.9 Å². The summed E-state index contributed by atoms with van der Waals surface area (Å²) >= 11 is 0. The van der Waals surface area contributed by atoms with Crippen molar-refractivity contribution in [1.29, 1.82) is 5.41 Å². The van der Waals surface area contributed by atoms with Gasteiger partial charge in [-0.1, -0.05) is 6.07 Å². The number of aliphatic imine (C=N–C) groups is 1. The summed E-state index contributed by atoms with van der Waals surface area (Å²) in [6, 6.07) is 12.8. The number of amidine groups is 1. The van der Waals surface area contributed by atoms with Crippen LogP contribution in [0.25, 0.3) is 22.3 Å². The van der Waals surface area contributed by atoms with E-state index in [0.29, 0.717) is 23.0 Å². The van der Waals surface area contributed by atoms with Crippen molar-refractivity contribution in [3.8, 4) is 11.4 Å². The van der Waals surface area contributed by atoms with Crippen LogP contribution in [0.5, 0.6) is 0 Å². The molecule has 0 radical (unpaired) electrons. The van der Waals surface area contributed by atoms with Crippen LogP contribution in [0, 0.1) is 11.2 Å². The van der Waals surface area contributed by atoms with E-state index < -0.39 is 5.82 Å². The predicted octanol–water partition coefficient (Wildman–Crippen LogP) is 4.63. The Morgan fingerprint density at radius 3 is 2.87 bits per heavy atom. The quantitative estimate of drug-likeness (QED) is 0.334. The highest BCUT2D eigenvalue weighted by molar-refractivity contribution is 6.04. The van der Waals surface area contributed by atoms with Crippen LogP contribution >= 0.6 is 0 Å². The molecule has 154 valence electrons. The second-order valence-electron chi connectivity index (χ2n) is 7.40. The fraction of sp³-hybridized carbons (Fsp3) is 0.130. The molecule has 1 aliphatic rings. The summed E-state index contributed by atoms with van der Waals surface area (Å²) in [5.74, 6) is 0.582. The molecule has 1 saturated carbocycles. The molecule has 0 amide bonds. The number of rotatable bonds is 4. The SMILES string of the molecule is N=C(OC(N)=Nc1cccc(F)c1)c1ccc2[nH]cc(-c3nccc(C4CC4)n3)c2c1. The van der Waals surface area contributed by atoms with Crippen molar-refractivity contribution < 1.29 is 9.13 Å². The number of halogens is 1. The number of hydrogen-bond donors (Lipinski definition) is 3. The summed E-state index contributed by atoms with van der Waals surface area (Å²) in [7, 11) is 0. The third kappa shape index (κ3) is 4.00. The Kier molecular flexibility index (Phi) is 4.66. The maximum atomic E-state index is 13.3. The molecule has 0 bridgehead atoms. The van der Waals surface area contributed by atoms with E-state index in [1.54, 1.807) is 18.3 Å². The molecule has 4 aromatic rings. The summed E-state index contributed by atoms with van der Waals surface area (Å²) in [5, 5.41) is 9.15. The van der Waals surface area contributed by atoms with Crippen molar-refractivity contribution in [3.63, 3.8) is 0 Å². The third-order valence-electron chi connectivity index (χ3n) is 5.11. The second kappa shape index (κ2) is 7.64. The Hall–Kier alpha value is -4.07. The maximum Gasteiger partial charge on any atom is 0.294 e. The summed E-state index contributed by atoms with van der Waals surface area (Å²) in [5.41, 5.74) is 9.44. The zero-order valence-corrected chi connectivity index (χ0v) is 16.5. The van der Waals surface area contributed by atoms with Crippen LogP contribution in [-0.2, 0) is 4.74 Å². The monoisotopic (exact) mass is 414 g/mol. The van der Waals surface area contributed by atoms with Gasteiger partial charge in [0.1, 0.15) is 5.82 Å². The van der Waals surface area contributed by atoms with E-state index in [2.05, 4.69) is 15.0 Å². The number of nitrogens with two attached hydrogens (primary N) is 1. The van der Waals surface area contributed by atoms with Gasteiger partial charge in [0.05, 0.1) is 5.69 Å². The molecule has 0 aliphatic heterocycles. The number of fused-ring (bicyclic) bond motifs is 1. The van der Waals surface area contributed by atoms with Crippen molar-refractivity contribution in [1.82, 2.24) is 15.0 Å². The first-order valence-electron chi connectivity index (χ1n) is 9.88. The smallest absolute Gasteiger partial charge is 0.294 e. The average Bonchev–Trinajstić information content (AvgIpc) is 3.52. The Morgan fingerprint density at radius 2 is 2.06 bits per heavy atom. The summed E-state index contributed by atoms with van der Waals surface area (Å²) in [4.78, 5) is 16.4. The van der Waals surface area contributed by atoms with Crippen molar-refractivity contribution in [2.75, 3.05) is 0 Å². The number of benzene rings is 2. The van der Waals surface area contributed by atoms with Gasteiger partial charge < -0.3 is 15.5 Å². The number of hydrogen-bond acceptors (Lipinski definition) is 5. The van der Waals surface area contributed by atoms with Gasteiger partial charge in [0.2, 0.25) is 5.90 Å². The van der Waals surface area contributed by atoms with Crippen molar-refractivity contribution >= 4 is 28.5 Å². The molecule has 1 aliphatic carbocycles. The highest BCUT2D eigenvalue weighted by Crippen LogP contribution is 2.39. The number of nitrogens with zero attached hydrogens (tertiary/aromatic N) is 3. The Morgan fingerprint density at radius 1 is 1.19 bits per heavy atom. The fourth-order valence-corrected chi connectivity index (χ4v) is 3.41. The molecule has 0 saturated heterocycles. The van der Waals surface area contributed by atoms with Gasteiger partial charge in [0.15, 0.2) is 5.82 Å². The molecule has 0 atom stereocenters. The van der Waals surface area contributed by atoms with Crippen molar-refractivity contribution in [3.05, 3.63) is 78.0 Å². The average molecular weight is 414 g/mol. The second-order valence-corrected chi connectivity index (χ2v) is 7.40. The molecule has 4 N–H and O–H groups in total. The third-order valence-corrected chi connectivity index (χ3v) is 5.11. The number of aromatic amines is 1. The van der Waals surface area contributed by atoms with Gasteiger partial charge >= 0.3 is 0 Å². The lowest BCUT2D eigenvalue weighted by Crippen LogP contribution is -2.20. The normalized spacial score (nSPS) is 14.0. The summed E-state index contributed by atoms with van der Waals surface area (Å²) in [6.45, 7) is 0. The molecule has 0 spiro atoms. The van der Waals surface area contributed by atoms with Crippen LogP contribution in [0.15, 0.2) is 65.9 Å². The van der Waals surface area contributed by atoms with Crippen molar-refractivity contribution in [2.24, 2.45) is 10.7 Å². The van der Waals surface area contributed by atoms with Crippen LogP contribution in [0.4, 0.5) is 10.1 Å². The standard InChI is InChI=1S/C23H19FN6O/c24-15-2-1-3-16(11-15)29-23(26)31-21(25)14-6-7-20-17(10-14)18(12-28-20)22-27-9-8-19(30-22)13-4-5-13/h1-3,6-13,25,28H,4-5H2,(H2,26,29). The topological polar surface area (TPSA) is 113 Å². The molecular weight excluding hydrogens is 395 g/mol. The zero-order chi connectivity index (χ0) is 21.4. The number of nitrogens with one attached hydrogen (secondary N) is 2. The van der Waals surface area contributed by atoms with Crippen LogP contribution in [-0.4, -0.2) is 26.9 Å². The van der Waals surface area contributed by atoms with E-state index in [4.69, 9.17) is 20.9 Å². The first kappa shape index (κ1) is 18.9. The Labute approximate surface area is 177 Å². The molecular formula is C23H19FN6O. The van der Waals surface area contributed by atoms with E-state index in [9.17, 15) is 4.39 Å². The first-order chi connectivity index (χ1) is 15.1. The van der Waals surface area contributed by atoms with Crippen LogP contribution < -0.4 is 5.73 Å². The van der Waals surface area contributed by atoms with Crippen LogP contribution in [0.1, 0.15) is 30.0 Å². The van der Waals surface area contributed by atoms with Gasteiger partial charge in [0.25, 0.3) is 6.02 Å². The fourth-order valence-electron chi connectivity index (χ4n) is 3.41. The minimum atomic E-state index is -0.428. The minimum Gasteiger partial charge on any atom is -0.407 e. The highest BCUT2D eigenvalue weighted by atomic mass is 19.1. The molecule has 8 heteroatoms. The van der Waals surface area contributed by atoms with Gasteiger partial charge in [-0.05, 0) is 55.3 Å². The van der Waals surface area contributed by atoms with E-state index in [1.165, 1.54) is 31.0 Å². The Balaban J connectivity index is 1.42. The lowest BCUT2D eigenvalue weighted by atomic mass is 10.1. The summed E-state index contributed by atoms with van der Waals surface area (Å²) < 4.78 is 18.7. The van der Waals surface area contributed by atoms with E-state index >= 15 is 0 Å². The van der Waals surface area contributed by atoms with E-state index in [0.717, 1.165) is 22.2 Å². The maximum absolute atomic E-state index is 13.3. The van der Waals surface area contributed by atoms with Gasteiger partial charge in [-0.25, -0.2) is 14.4 Å². The Bertz CT molecular complexity index is 1320. The lowest BCUT2D eigenvalue weighted by molar-refractivity contribution is 0.533. The first-order valence-corrected chi connectivity index (χ1v) is 9.88. The molecule has 31 heavy (non-hydrogen) atoms. The largest absolute Gasteiger partial charge is 0.407 e. The van der Waals surface area contributed by atoms with Crippen molar-refractivity contribution in [2.45, 2.75) is 18.8 Å². The summed E-state index contributed by atoms with van der Waals surface area (Å²) in [6.07, 6.45) is 5.99. The number of H-pyrrole nitrogens is 1. The molecule has 0 unspecified atom stereocenters. The zero-order valence-electron chi connectivity index (χ0n) is 16.5. The van der Waals surface area contributed by atoms with Crippen LogP contribution in [0.2, 0.25) is 0 Å². The number of aromatic nitrogens is 3. The molecule has 2 aromatic carbocycles. The van der Waals surface area contributed by atoms with Gasteiger partial charge in [-0.15, -0.1) is 0 Å². The number of ether oxygens (including phenoxy) is 1. The molecule has 7 nitrogen and oxygen atoms in total. The highest BCUT2D eigenvalue weighted by Gasteiger charge is 2.25. The lowest BCUT2D eigenvalue weighted by Gasteiger charge is -2.07. The molecule has 5 rings (SSSR count). The molecule has 2 heterocycles.